The quantitative estimate of drug-likeness (QED) is 0.861. The Morgan fingerprint density at radius 3 is 2.76 bits per heavy atom. The molecule has 0 spiro atoms. The molecule has 0 saturated carbocycles. The zero-order chi connectivity index (χ0) is 18.0. The summed E-state index contributed by atoms with van der Waals surface area (Å²) < 4.78 is 31.7. The molecule has 0 amide bonds. The first kappa shape index (κ1) is 17.3. The zero-order valence-electron chi connectivity index (χ0n) is 13.4. The van der Waals surface area contributed by atoms with Crippen molar-refractivity contribution in [3.05, 3.63) is 57.6 Å². The van der Waals surface area contributed by atoms with Crippen LogP contribution >= 0.6 is 0 Å². The molecule has 2 heterocycles. The molecule has 2 atom stereocenters. The molecule has 1 saturated heterocycles. The number of carboxylic acid groups (broad SMARTS) is 1. The maximum atomic E-state index is 13.4. The lowest BCUT2D eigenvalue weighted by atomic mass is 9.86. The molecular formula is C17H18F2N2O4. The maximum absolute atomic E-state index is 13.4. The number of aromatic nitrogens is 1. The van der Waals surface area contributed by atoms with Crippen LogP contribution in [0.1, 0.15) is 30.1 Å². The molecule has 1 fully saturated rings. The van der Waals surface area contributed by atoms with Crippen molar-refractivity contribution in [1.82, 2.24) is 10.1 Å². The third-order valence-corrected chi connectivity index (χ3v) is 4.58. The molecular weight excluding hydrogens is 334 g/mol. The normalized spacial score (nSPS) is 21.4. The first-order valence-electron chi connectivity index (χ1n) is 8.00. The highest BCUT2D eigenvalue weighted by Crippen LogP contribution is 2.32. The van der Waals surface area contributed by atoms with Crippen molar-refractivity contribution in [3.63, 3.8) is 0 Å². The van der Waals surface area contributed by atoms with Gasteiger partial charge < -0.3 is 9.63 Å². The van der Waals surface area contributed by atoms with Crippen LogP contribution in [0.4, 0.5) is 8.78 Å². The molecule has 25 heavy (non-hydrogen) atoms. The number of benzene rings is 1. The fourth-order valence-electron chi connectivity index (χ4n) is 3.39. The van der Waals surface area contributed by atoms with Crippen LogP contribution in [0.2, 0.25) is 0 Å². The Morgan fingerprint density at radius 2 is 2.12 bits per heavy atom. The van der Waals surface area contributed by atoms with E-state index in [1.165, 1.54) is 12.1 Å². The van der Waals surface area contributed by atoms with E-state index in [-0.39, 0.29) is 24.1 Å². The largest absolute Gasteiger partial charge is 0.480 e. The van der Waals surface area contributed by atoms with Gasteiger partial charge in [0.2, 0.25) is 0 Å². The van der Waals surface area contributed by atoms with E-state index in [0.717, 1.165) is 12.1 Å². The van der Waals surface area contributed by atoms with Crippen molar-refractivity contribution in [2.24, 2.45) is 0 Å². The van der Waals surface area contributed by atoms with Crippen molar-refractivity contribution in [1.29, 1.82) is 0 Å². The van der Waals surface area contributed by atoms with E-state index in [1.54, 1.807) is 0 Å². The van der Waals surface area contributed by atoms with Crippen LogP contribution < -0.4 is 5.56 Å². The van der Waals surface area contributed by atoms with Crippen molar-refractivity contribution >= 4 is 5.97 Å². The summed E-state index contributed by atoms with van der Waals surface area (Å²) in [6, 6.07) is 4.91. The summed E-state index contributed by atoms with van der Waals surface area (Å²) in [5.74, 6) is -2.27. The standard InChI is InChI=1S/C17H18F2N2O4/c18-13-2-1-10(6-14(13)19)5-12-7-11(15-8-16(22)20-25-15)3-4-21(12)9-17(23)24/h1-2,6,8,11-12H,3-5,7,9H2,(H,20,22)(H,23,24). The maximum Gasteiger partial charge on any atom is 0.317 e. The molecule has 1 aliphatic heterocycles. The van der Waals surface area contributed by atoms with Gasteiger partial charge in [-0.2, -0.15) is 5.16 Å². The van der Waals surface area contributed by atoms with Crippen LogP contribution in [0, 0.1) is 11.6 Å². The van der Waals surface area contributed by atoms with Gasteiger partial charge in [0.25, 0.3) is 5.56 Å². The number of carbonyl (C=O) groups is 1. The molecule has 1 aliphatic rings. The summed E-state index contributed by atoms with van der Waals surface area (Å²) >= 11 is 0. The Balaban J connectivity index is 1.79. The second-order valence-corrected chi connectivity index (χ2v) is 6.31. The highest BCUT2D eigenvalue weighted by atomic mass is 19.2. The summed E-state index contributed by atoms with van der Waals surface area (Å²) in [7, 11) is 0. The summed E-state index contributed by atoms with van der Waals surface area (Å²) in [4.78, 5) is 24.2. The number of nitrogens with one attached hydrogen (secondary N) is 1. The number of nitrogens with zero attached hydrogens (tertiary/aromatic N) is 1. The van der Waals surface area contributed by atoms with Gasteiger partial charge >= 0.3 is 5.97 Å². The van der Waals surface area contributed by atoms with Gasteiger partial charge in [0.15, 0.2) is 11.6 Å². The van der Waals surface area contributed by atoms with Gasteiger partial charge in [-0.05, 0) is 43.5 Å². The number of hydrogen-bond acceptors (Lipinski definition) is 4. The Morgan fingerprint density at radius 1 is 1.32 bits per heavy atom. The monoisotopic (exact) mass is 352 g/mol. The molecule has 2 unspecified atom stereocenters. The molecule has 2 N–H and O–H groups in total. The minimum absolute atomic E-state index is 0.0284. The first-order valence-corrected chi connectivity index (χ1v) is 8.00. The minimum Gasteiger partial charge on any atom is -0.480 e. The lowest BCUT2D eigenvalue weighted by molar-refractivity contribution is -0.139. The summed E-state index contributed by atoms with van der Waals surface area (Å²) in [6.45, 7) is 0.387. The number of aromatic amines is 1. The van der Waals surface area contributed by atoms with Crippen molar-refractivity contribution in [2.45, 2.75) is 31.2 Å². The fraction of sp³-hybridized carbons (Fsp3) is 0.412. The van der Waals surface area contributed by atoms with Gasteiger partial charge in [0.1, 0.15) is 5.76 Å². The molecule has 0 radical (unpaired) electrons. The molecule has 8 heteroatoms. The van der Waals surface area contributed by atoms with Crippen molar-refractivity contribution in [3.8, 4) is 0 Å². The molecule has 0 aliphatic carbocycles. The van der Waals surface area contributed by atoms with Gasteiger partial charge in [0.05, 0.1) is 6.54 Å². The second-order valence-electron chi connectivity index (χ2n) is 6.31. The highest BCUT2D eigenvalue weighted by molar-refractivity contribution is 5.69. The van der Waals surface area contributed by atoms with E-state index < -0.39 is 17.6 Å². The minimum atomic E-state index is -0.943. The predicted molar refractivity (Wildman–Crippen MR) is 84.4 cm³/mol. The summed E-state index contributed by atoms with van der Waals surface area (Å²) in [6.07, 6.45) is 1.60. The van der Waals surface area contributed by atoms with E-state index in [9.17, 15) is 18.4 Å². The topological polar surface area (TPSA) is 86.5 Å². The van der Waals surface area contributed by atoms with Gasteiger partial charge in [0, 0.05) is 18.0 Å². The average molecular weight is 352 g/mol. The number of carboxylic acids is 1. The third kappa shape index (κ3) is 4.14. The van der Waals surface area contributed by atoms with Crippen LogP contribution in [0.5, 0.6) is 0 Å². The van der Waals surface area contributed by atoms with Gasteiger partial charge in [-0.1, -0.05) is 6.07 Å². The van der Waals surface area contributed by atoms with Gasteiger partial charge in [-0.3, -0.25) is 14.5 Å². The van der Waals surface area contributed by atoms with Crippen LogP contribution in [0.3, 0.4) is 0 Å². The Hall–Kier alpha value is -2.48. The molecule has 2 aromatic rings. The summed E-state index contributed by atoms with van der Waals surface area (Å²) in [5, 5.41) is 11.4. The van der Waals surface area contributed by atoms with Crippen molar-refractivity contribution in [2.75, 3.05) is 13.1 Å². The van der Waals surface area contributed by atoms with E-state index in [1.807, 2.05) is 4.90 Å². The van der Waals surface area contributed by atoms with Crippen LogP contribution in [0.25, 0.3) is 0 Å². The number of hydrogen-bond donors (Lipinski definition) is 2. The number of H-pyrrole nitrogens is 1. The average Bonchev–Trinajstić information content (AvgIpc) is 2.99. The number of piperidine rings is 1. The van der Waals surface area contributed by atoms with Crippen LogP contribution in [-0.4, -0.2) is 40.3 Å². The third-order valence-electron chi connectivity index (χ3n) is 4.58. The van der Waals surface area contributed by atoms with Gasteiger partial charge in [-0.25, -0.2) is 8.78 Å². The zero-order valence-corrected chi connectivity index (χ0v) is 13.4. The predicted octanol–water partition coefficient (Wildman–Crippen LogP) is 2.12. The second kappa shape index (κ2) is 7.18. The number of aliphatic carboxylic acids is 1. The van der Waals surface area contributed by atoms with E-state index in [4.69, 9.17) is 9.63 Å². The fourth-order valence-corrected chi connectivity index (χ4v) is 3.39. The molecule has 3 rings (SSSR count). The molecule has 0 bridgehead atoms. The lowest BCUT2D eigenvalue weighted by Crippen LogP contribution is -2.45. The number of likely N-dealkylation sites (tertiary alicyclic amines) is 1. The van der Waals surface area contributed by atoms with Crippen molar-refractivity contribution < 1.29 is 23.2 Å². The lowest BCUT2D eigenvalue weighted by Gasteiger charge is -2.38. The number of rotatable bonds is 5. The SMILES string of the molecule is O=C(O)CN1CCC(c2cc(=O)[nH]o2)CC1Cc1ccc(F)c(F)c1. The van der Waals surface area contributed by atoms with E-state index in [2.05, 4.69) is 5.16 Å². The highest BCUT2D eigenvalue weighted by Gasteiger charge is 2.32. The van der Waals surface area contributed by atoms with E-state index in [0.29, 0.717) is 37.1 Å². The Kier molecular flexibility index (Phi) is 4.98. The molecule has 1 aromatic carbocycles. The Bertz CT molecular complexity index is 817. The Labute approximate surface area is 142 Å². The molecule has 134 valence electrons. The van der Waals surface area contributed by atoms with Crippen LogP contribution in [0.15, 0.2) is 33.6 Å². The van der Waals surface area contributed by atoms with E-state index >= 15 is 0 Å². The molecule has 6 nitrogen and oxygen atoms in total. The first-order chi connectivity index (χ1) is 11.9. The molecule has 1 aromatic heterocycles. The van der Waals surface area contributed by atoms with Crippen LogP contribution in [-0.2, 0) is 11.2 Å². The summed E-state index contributed by atoms with van der Waals surface area (Å²) in [5.41, 5.74) is 0.274. The smallest absolute Gasteiger partial charge is 0.317 e. The van der Waals surface area contributed by atoms with Gasteiger partial charge in [-0.15, -0.1) is 0 Å². The number of halogens is 2.